The molecule has 0 atom stereocenters. The Labute approximate surface area is 99.6 Å². The Morgan fingerprint density at radius 2 is 1.69 bits per heavy atom. The largest absolute Gasteiger partial charge is 0.381 e. The summed E-state index contributed by atoms with van der Waals surface area (Å²) in [6.07, 6.45) is 0. The molecule has 1 aromatic carbocycles. The summed E-state index contributed by atoms with van der Waals surface area (Å²) in [6.45, 7) is 6.59. The molecule has 2 N–H and O–H groups in total. The molecule has 0 saturated heterocycles. The minimum Gasteiger partial charge on any atom is -0.381 e. The van der Waals surface area contributed by atoms with Gasteiger partial charge in [-0.25, -0.2) is 0 Å². The highest BCUT2D eigenvalue weighted by Gasteiger charge is 2.14. The van der Waals surface area contributed by atoms with Crippen molar-refractivity contribution in [2.24, 2.45) is 0 Å². The summed E-state index contributed by atoms with van der Waals surface area (Å²) in [6, 6.07) is 8.34. The highest BCUT2D eigenvalue weighted by atomic mass is 32.1. The summed E-state index contributed by atoms with van der Waals surface area (Å²) in [5, 5.41) is 0. The van der Waals surface area contributed by atoms with Crippen LogP contribution in [0.15, 0.2) is 24.3 Å². The van der Waals surface area contributed by atoms with Crippen molar-refractivity contribution in [2.75, 3.05) is 5.73 Å². The molecule has 2 rings (SSSR count). The lowest BCUT2D eigenvalue weighted by atomic mass is 9.86. The smallest absolute Gasteiger partial charge is 0.165 e. The summed E-state index contributed by atoms with van der Waals surface area (Å²) in [5.41, 5.74) is 9.02. The van der Waals surface area contributed by atoms with Gasteiger partial charge in [0.25, 0.3) is 0 Å². The van der Waals surface area contributed by atoms with E-state index in [0.717, 1.165) is 23.0 Å². The number of aromatic nitrogens is 2. The quantitative estimate of drug-likeness (QED) is 0.823. The number of nitrogens with zero attached hydrogens (tertiary/aromatic N) is 2. The van der Waals surface area contributed by atoms with Crippen LogP contribution in [0.5, 0.6) is 0 Å². The summed E-state index contributed by atoms with van der Waals surface area (Å²) in [5.74, 6) is 0.508. The van der Waals surface area contributed by atoms with Gasteiger partial charge in [0, 0.05) is 5.56 Å². The average Bonchev–Trinajstić information content (AvgIpc) is 2.63. The molecule has 0 unspecified atom stereocenters. The number of nitrogens with two attached hydrogens (primary N) is 1. The molecule has 4 heteroatoms. The van der Waals surface area contributed by atoms with Gasteiger partial charge in [0.15, 0.2) is 5.82 Å². The van der Waals surface area contributed by atoms with Gasteiger partial charge in [-0.05, 0) is 11.0 Å². The predicted octanol–water partition coefficient (Wildman–Crippen LogP) is 3.08. The number of benzene rings is 1. The minimum atomic E-state index is 0.171. The fourth-order valence-corrected chi connectivity index (χ4v) is 2.02. The van der Waals surface area contributed by atoms with E-state index in [-0.39, 0.29) is 5.41 Å². The molecule has 0 aliphatic carbocycles. The number of rotatable bonds is 1. The average molecular weight is 233 g/mol. The van der Waals surface area contributed by atoms with E-state index in [1.807, 2.05) is 12.1 Å². The van der Waals surface area contributed by atoms with Gasteiger partial charge >= 0.3 is 0 Å². The van der Waals surface area contributed by atoms with Crippen LogP contribution in [-0.4, -0.2) is 8.75 Å². The van der Waals surface area contributed by atoms with Crippen molar-refractivity contribution < 1.29 is 0 Å². The molecule has 0 spiro atoms. The van der Waals surface area contributed by atoms with E-state index in [1.165, 1.54) is 5.56 Å². The molecular weight excluding hydrogens is 218 g/mol. The fourth-order valence-electron chi connectivity index (χ4n) is 1.52. The zero-order valence-corrected chi connectivity index (χ0v) is 10.5. The molecule has 0 fully saturated rings. The van der Waals surface area contributed by atoms with Crippen molar-refractivity contribution in [1.29, 1.82) is 0 Å². The lowest BCUT2D eigenvalue weighted by Gasteiger charge is -2.18. The maximum Gasteiger partial charge on any atom is 0.165 e. The van der Waals surface area contributed by atoms with Crippen LogP contribution in [0, 0.1) is 0 Å². The van der Waals surface area contributed by atoms with E-state index in [9.17, 15) is 0 Å². The van der Waals surface area contributed by atoms with Crippen molar-refractivity contribution in [1.82, 2.24) is 8.75 Å². The van der Waals surface area contributed by atoms with Crippen LogP contribution in [0.4, 0.5) is 5.82 Å². The summed E-state index contributed by atoms with van der Waals surface area (Å²) >= 11 is 1.15. The monoisotopic (exact) mass is 233 g/mol. The van der Waals surface area contributed by atoms with Crippen molar-refractivity contribution in [3.63, 3.8) is 0 Å². The Morgan fingerprint density at radius 1 is 1.06 bits per heavy atom. The number of hydrogen-bond donors (Lipinski definition) is 1. The molecule has 1 aromatic heterocycles. The Bertz CT molecular complexity index is 480. The van der Waals surface area contributed by atoms with E-state index >= 15 is 0 Å². The first kappa shape index (κ1) is 11.1. The zero-order valence-electron chi connectivity index (χ0n) is 9.69. The van der Waals surface area contributed by atoms with Crippen LogP contribution in [0.3, 0.4) is 0 Å². The standard InChI is InChI=1S/C12H15N3S/c1-12(2,3)9-6-4-8(5-7-9)10-11(13)15-16-14-10/h4-7H,1-3H3,(H2,13,15). The van der Waals surface area contributed by atoms with E-state index in [4.69, 9.17) is 5.73 Å². The first-order chi connectivity index (χ1) is 7.48. The Kier molecular flexibility index (Phi) is 2.68. The first-order valence-corrected chi connectivity index (χ1v) is 5.90. The Hall–Kier alpha value is -1.42. The summed E-state index contributed by atoms with van der Waals surface area (Å²) in [4.78, 5) is 0. The maximum absolute atomic E-state index is 5.73. The molecule has 0 aliphatic rings. The maximum atomic E-state index is 5.73. The molecule has 0 radical (unpaired) electrons. The SMILES string of the molecule is CC(C)(C)c1ccc(-c2nsnc2N)cc1. The molecule has 0 amide bonds. The van der Waals surface area contributed by atoms with Crippen molar-refractivity contribution in [2.45, 2.75) is 26.2 Å². The van der Waals surface area contributed by atoms with E-state index < -0.39 is 0 Å². The van der Waals surface area contributed by atoms with Crippen LogP contribution in [0.25, 0.3) is 11.3 Å². The van der Waals surface area contributed by atoms with Crippen molar-refractivity contribution >= 4 is 17.5 Å². The molecule has 0 aliphatic heterocycles. The predicted molar refractivity (Wildman–Crippen MR) is 68.5 cm³/mol. The normalized spacial score (nSPS) is 11.7. The second kappa shape index (κ2) is 3.87. The molecule has 3 nitrogen and oxygen atoms in total. The highest BCUT2D eigenvalue weighted by Crippen LogP contribution is 2.27. The molecule has 84 valence electrons. The first-order valence-electron chi connectivity index (χ1n) is 5.17. The zero-order chi connectivity index (χ0) is 11.8. The van der Waals surface area contributed by atoms with Gasteiger partial charge in [-0.3, -0.25) is 0 Å². The van der Waals surface area contributed by atoms with Gasteiger partial charge in [-0.1, -0.05) is 45.0 Å². The molecule has 0 bridgehead atoms. The van der Waals surface area contributed by atoms with Crippen molar-refractivity contribution in [3.8, 4) is 11.3 Å². The van der Waals surface area contributed by atoms with E-state index in [0.29, 0.717) is 5.82 Å². The second-order valence-corrected chi connectivity index (χ2v) is 5.35. The topological polar surface area (TPSA) is 51.8 Å². The van der Waals surface area contributed by atoms with Crippen LogP contribution in [-0.2, 0) is 5.41 Å². The van der Waals surface area contributed by atoms with Gasteiger partial charge in [-0.2, -0.15) is 8.75 Å². The molecule has 2 aromatic rings. The molecule has 16 heavy (non-hydrogen) atoms. The lowest BCUT2D eigenvalue weighted by Crippen LogP contribution is -2.10. The van der Waals surface area contributed by atoms with Crippen LogP contribution >= 0.6 is 11.7 Å². The Morgan fingerprint density at radius 3 is 2.12 bits per heavy atom. The third-order valence-corrected chi connectivity index (χ3v) is 3.08. The Balaban J connectivity index is 2.37. The van der Waals surface area contributed by atoms with E-state index in [2.05, 4.69) is 41.7 Å². The third-order valence-electron chi connectivity index (χ3n) is 2.54. The van der Waals surface area contributed by atoms with Gasteiger partial charge in [0.1, 0.15) is 5.69 Å². The number of nitrogen functional groups attached to an aromatic ring is 1. The van der Waals surface area contributed by atoms with Gasteiger partial charge in [0.2, 0.25) is 0 Å². The molecule has 0 saturated carbocycles. The number of anilines is 1. The second-order valence-electron chi connectivity index (χ2n) is 4.83. The van der Waals surface area contributed by atoms with Crippen molar-refractivity contribution in [3.05, 3.63) is 29.8 Å². The summed E-state index contributed by atoms with van der Waals surface area (Å²) in [7, 11) is 0. The number of hydrogen-bond acceptors (Lipinski definition) is 4. The van der Waals surface area contributed by atoms with Gasteiger partial charge in [0.05, 0.1) is 11.7 Å². The van der Waals surface area contributed by atoms with Crippen LogP contribution < -0.4 is 5.73 Å². The summed E-state index contributed by atoms with van der Waals surface area (Å²) < 4.78 is 8.16. The van der Waals surface area contributed by atoms with Gasteiger partial charge < -0.3 is 5.73 Å². The molecular formula is C12H15N3S. The van der Waals surface area contributed by atoms with Gasteiger partial charge in [-0.15, -0.1) is 0 Å². The molecule has 1 heterocycles. The minimum absolute atomic E-state index is 0.171. The third kappa shape index (κ3) is 2.07. The van der Waals surface area contributed by atoms with Crippen LogP contribution in [0.1, 0.15) is 26.3 Å². The highest BCUT2D eigenvalue weighted by molar-refractivity contribution is 6.99. The van der Waals surface area contributed by atoms with Crippen LogP contribution in [0.2, 0.25) is 0 Å². The van der Waals surface area contributed by atoms with E-state index in [1.54, 1.807) is 0 Å². The fraction of sp³-hybridized carbons (Fsp3) is 0.333. The lowest BCUT2D eigenvalue weighted by molar-refractivity contribution is 0.590.